The van der Waals surface area contributed by atoms with Crippen LogP contribution in [-0.2, 0) is 14.6 Å². The normalized spacial score (nSPS) is 15.6. The number of halogens is 3. The number of amides is 1. The molecule has 0 aliphatic carbocycles. The van der Waals surface area contributed by atoms with Crippen LogP contribution in [-0.4, -0.2) is 39.3 Å². The van der Waals surface area contributed by atoms with Crippen molar-refractivity contribution in [1.82, 2.24) is 10.6 Å². The first kappa shape index (κ1) is 21.9. The van der Waals surface area contributed by atoms with Crippen molar-refractivity contribution in [3.63, 3.8) is 0 Å². The predicted octanol–water partition coefficient (Wildman–Crippen LogP) is 4.00. The lowest BCUT2D eigenvalue weighted by atomic mass is 9.97. The molecule has 0 radical (unpaired) electrons. The van der Waals surface area contributed by atoms with Crippen LogP contribution in [0.4, 0.5) is 13.2 Å². The van der Waals surface area contributed by atoms with E-state index in [1.807, 2.05) is 0 Å². The maximum absolute atomic E-state index is 13.9. The molecule has 0 fully saturated rings. The number of alkyl halides is 3. The van der Waals surface area contributed by atoms with Gasteiger partial charge in [-0.3, -0.25) is 10.1 Å². The summed E-state index contributed by atoms with van der Waals surface area (Å²) in [6.07, 6.45) is -7.82. The fraction of sp³-hybridized carbons (Fsp3) is 0.391. The number of nitriles is 1. The van der Waals surface area contributed by atoms with E-state index in [1.54, 1.807) is 19.9 Å². The van der Waals surface area contributed by atoms with E-state index in [0.717, 1.165) is 12.1 Å². The molecule has 0 saturated carbocycles. The fourth-order valence-corrected chi connectivity index (χ4v) is 3.74. The molecule has 0 aliphatic heterocycles. The maximum Gasteiger partial charge on any atom is 0.407 e. The van der Waals surface area contributed by atoms with Gasteiger partial charge in [-0.2, -0.15) is 18.4 Å². The van der Waals surface area contributed by atoms with E-state index in [2.05, 4.69) is 10.6 Å². The molecule has 10 heteroatoms. The first-order chi connectivity index (χ1) is 16.6. The molecular weight excluding hydrogens is 455 g/mol. The van der Waals surface area contributed by atoms with Crippen LogP contribution in [0.15, 0.2) is 53.4 Å². The molecule has 0 aromatic heterocycles. The first-order valence-corrected chi connectivity index (χ1v) is 11.5. The second-order valence-electron chi connectivity index (χ2n) is 7.85. The Morgan fingerprint density at radius 1 is 1.09 bits per heavy atom. The molecule has 1 amide bonds. The second kappa shape index (κ2) is 10.8. The highest BCUT2D eigenvalue weighted by Crippen LogP contribution is 2.34. The average Bonchev–Trinajstić information content (AvgIpc) is 2.78. The highest BCUT2D eigenvalue weighted by atomic mass is 32.2. The minimum absolute atomic E-state index is 0.0938. The van der Waals surface area contributed by atoms with Crippen LogP contribution in [0.1, 0.15) is 36.0 Å². The summed E-state index contributed by atoms with van der Waals surface area (Å²) >= 11 is 0. The Labute approximate surface area is 195 Å². The lowest BCUT2D eigenvalue weighted by molar-refractivity contribution is -0.161. The monoisotopic (exact) mass is 487 g/mol. The average molecular weight is 488 g/mol. The Hall–Kier alpha value is -2.90. The minimum atomic E-state index is -4.72. The van der Waals surface area contributed by atoms with Gasteiger partial charge in [-0.1, -0.05) is 50.2 Å². The summed E-state index contributed by atoms with van der Waals surface area (Å²) in [7, 11) is -4.53. The van der Waals surface area contributed by atoms with Crippen molar-refractivity contribution in [3.8, 4) is 17.2 Å². The summed E-state index contributed by atoms with van der Waals surface area (Å²) < 4.78 is 87.4. The van der Waals surface area contributed by atoms with Crippen molar-refractivity contribution in [2.45, 2.75) is 43.4 Å². The van der Waals surface area contributed by atoms with Gasteiger partial charge in [0.2, 0.25) is 5.91 Å². The molecule has 0 aliphatic rings. The lowest BCUT2D eigenvalue weighted by Gasteiger charge is -2.28. The van der Waals surface area contributed by atoms with Crippen LogP contribution < -0.4 is 10.6 Å². The van der Waals surface area contributed by atoms with E-state index < -0.39 is 45.1 Å². The summed E-state index contributed by atoms with van der Waals surface area (Å²) in [5.41, 5.74) is 0.800. The summed E-state index contributed by atoms with van der Waals surface area (Å²) in [6, 6.07) is 8.68. The molecule has 0 heterocycles. The van der Waals surface area contributed by atoms with E-state index in [9.17, 15) is 26.4 Å². The Bertz CT molecular complexity index is 1190. The Balaban J connectivity index is 2.32. The van der Waals surface area contributed by atoms with Crippen LogP contribution >= 0.6 is 0 Å². The van der Waals surface area contributed by atoms with E-state index >= 15 is 0 Å². The quantitative estimate of drug-likeness (QED) is 0.521. The third-order valence-electron chi connectivity index (χ3n) is 4.80. The van der Waals surface area contributed by atoms with E-state index in [0.29, 0.717) is 11.1 Å². The molecule has 6 nitrogen and oxygen atoms in total. The number of nitrogens with one attached hydrogen (secondary N) is 2. The molecule has 33 heavy (non-hydrogen) atoms. The van der Waals surface area contributed by atoms with Crippen molar-refractivity contribution in [2.24, 2.45) is 5.92 Å². The molecule has 0 saturated heterocycles. The molecule has 0 bridgehead atoms. The van der Waals surface area contributed by atoms with E-state index in [-0.39, 0.29) is 24.4 Å². The number of hydrogen-bond acceptors (Lipinski definition) is 5. The highest BCUT2D eigenvalue weighted by Gasteiger charge is 2.42. The van der Waals surface area contributed by atoms with E-state index in [4.69, 9.17) is 9.37 Å². The zero-order valence-electron chi connectivity index (χ0n) is 21.0. The highest BCUT2D eigenvalue weighted by molar-refractivity contribution is 7.90. The Kier molecular flexibility index (Phi) is 7.18. The molecule has 0 spiro atoms. The predicted molar refractivity (Wildman–Crippen MR) is 119 cm³/mol. The number of benzene rings is 2. The minimum Gasteiger partial charge on any atom is -0.342 e. The number of carbonyl (C=O) groups excluding carboxylic acids is 1. The SMILES string of the molecule is [3H]C([3H])([3H])S(=O)(=O)c1ccc(-c2ccc([C@H](N[C@@H](CC(C)C)C(=O)NCC#N)C(F)(F)F)cc2)cc1. The summed E-state index contributed by atoms with van der Waals surface area (Å²) in [5.74, 6) is -0.799. The van der Waals surface area contributed by atoms with Crippen molar-refractivity contribution >= 4 is 15.7 Å². The summed E-state index contributed by atoms with van der Waals surface area (Å²) in [4.78, 5) is 12.0. The smallest absolute Gasteiger partial charge is 0.342 e. The van der Waals surface area contributed by atoms with Gasteiger partial charge in [-0.05, 0) is 41.2 Å². The van der Waals surface area contributed by atoms with Crippen LogP contribution in [0.3, 0.4) is 0 Å². The molecule has 2 N–H and O–H groups in total. The zero-order valence-corrected chi connectivity index (χ0v) is 18.8. The van der Waals surface area contributed by atoms with Crippen LogP contribution in [0, 0.1) is 17.2 Å². The standard InChI is InChI=1S/C23H26F3N3O3S/c1-15(2)14-20(22(30)28-13-12-27)29-21(23(24,25)26)18-6-4-16(5-7-18)17-8-10-19(11-9-17)33(3,31)32/h4-11,15,20-21,29H,13-14H2,1-3H3,(H,28,30)/t20-,21-/m0/s1/i3T3. The van der Waals surface area contributed by atoms with Crippen molar-refractivity contribution in [2.75, 3.05) is 12.7 Å². The lowest BCUT2D eigenvalue weighted by Crippen LogP contribution is -2.49. The topological polar surface area (TPSA) is 99.1 Å². The van der Waals surface area contributed by atoms with Gasteiger partial charge in [0.1, 0.15) is 12.6 Å². The second-order valence-corrected chi connectivity index (χ2v) is 9.33. The van der Waals surface area contributed by atoms with Crippen molar-refractivity contribution < 1.29 is 30.5 Å². The van der Waals surface area contributed by atoms with Crippen LogP contribution in [0.5, 0.6) is 0 Å². The molecule has 178 valence electrons. The third-order valence-corrected chi connectivity index (χ3v) is 5.70. The fourth-order valence-electron chi connectivity index (χ4n) is 3.25. The third kappa shape index (κ3) is 7.58. The van der Waals surface area contributed by atoms with E-state index in [1.165, 1.54) is 36.4 Å². The van der Waals surface area contributed by atoms with Gasteiger partial charge in [0.05, 0.1) is 17.0 Å². The molecular formula is C23H26F3N3O3S. The van der Waals surface area contributed by atoms with Crippen molar-refractivity contribution in [3.05, 3.63) is 54.1 Å². The van der Waals surface area contributed by atoms with Gasteiger partial charge in [-0.15, -0.1) is 0 Å². The number of sulfone groups is 1. The Morgan fingerprint density at radius 2 is 1.64 bits per heavy atom. The molecule has 2 atom stereocenters. The molecule has 2 rings (SSSR count). The Morgan fingerprint density at radius 3 is 2.09 bits per heavy atom. The number of carbonyl (C=O) groups is 1. The molecule has 0 unspecified atom stereocenters. The summed E-state index contributed by atoms with van der Waals surface area (Å²) in [5, 5.41) is 13.3. The largest absolute Gasteiger partial charge is 0.407 e. The van der Waals surface area contributed by atoms with Crippen LogP contribution in [0.25, 0.3) is 11.1 Å². The molecule has 2 aromatic rings. The van der Waals surface area contributed by atoms with Gasteiger partial charge < -0.3 is 5.32 Å². The van der Waals surface area contributed by atoms with Gasteiger partial charge in [0, 0.05) is 10.3 Å². The summed E-state index contributed by atoms with van der Waals surface area (Å²) in [6.45, 7) is 3.20. The zero-order chi connectivity index (χ0) is 27.3. The molecule has 2 aromatic carbocycles. The number of nitrogens with zero attached hydrogens (tertiary/aromatic N) is 1. The number of rotatable bonds is 9. The first-order valence-electron chi connectivity index (χ1n) is 11.5. The van der Waals surface area contributed by atoms with Crippen molar-refractivity contribution in [1.29, 1.82) is 5.26 Å². The van der Waals surface area contributed by atoms with Gasteiger partial charge in [-0.25, -0.2) is 8.42 Å². The van der Waals surface area contributed by atoms with Gasteiger partial charge in [0.25, 0.3) is 0 Å². The van der Waals surface area contributed by atoms with Gasteiger partial charge >= 0.3 is 6.18 Å². The number of hydrogen-bond donors (Lipinski definition) is 2. The maximum atomic E-state index is 13.9. The van der Waals surface area contributed by atoms with Crippen LogP contribution in [0.2, 0.25) is 0 Å². The van der Waals surface area contributed by atoms with Gasteiger partial charge in [0.15, 0.2) is 9.84 Å².